The number of amides is 3. The zero-order valence-electron chi connectivity index (χ0n) is 20.2. The maximum atomic E-state index is 14.9. The number of carbonyl (C=O) groups is 4. The molecule has 1 atom stereocenters. The smallest absolute Gasteiger partial charge is 0.322 e. The number of carbonyl (C=O) groups excluding carboxylic acids is 4. The van der Waals surface area contributed by atoms with Crippen molar-refractivity contribution in [1.29, 1.82) is 0 Å². The van der Waals surface area contributed by atoms with Gasteiger partial charge >= 0.3 is 5.92 Å². The number of hydrogen-bond acceptors (Lipinski definition) is 4. The molecular formula is C29H23F3N2O4. The number of imide groups is 1. The van der Waals surface area contributed by atoms with E-state index in [1.54, 1.807) is 30.3 Å². The van der Waals surface area contributed by atoms with Crippen molar-refractivity contribution in [3.63, 3.8) is 0 Å². The molecule has 2 heterocycles. The summed E-state index contributed by atoms with van der Waals surface area (Å²) in [7, 11) is 0. The van der Waals surface area contributed by atoms with E-state index in [4.69, 9.17) is 0 Å². The van der Waals surface area contributed by atoms with Gasteiger partial charge in [-0.05, 0) is 53.3 Å². The van der Waals surface area contributed by atoms with Crippen LogP contribution in [-0.4, -0.2) is 34.4 Å². The van der Waals surface area contributed by atoms with E-state index in [0.717, 1.165) is 0 Å². The molecule has 0 aromatic heterocycles. The molecule has 1 saturated heterocycles. The first-order valence-electron chi connectivity index (χ1n) is 12.2. The fourth-order valence-electron chi connectivity index (χ4n) is 4.87. The number of halogens is 3. The highest BCUT2D eigenvalue weighted by Gasteiger charge is 2.41. The number of nitrogens with one attached hydrogen (secondary N) is 1. The molecule has 3 aromatic carbocycles. The molecule has 2 aliphatic rings. The number of piperidine rings is 1. The topological polar surface area (TPSA) is 83.6 Å². The molecule has 3 aromatic rings. The first kappa shape index (κ1) is 25.4. The molecule has 0 bridgehead atoms. The van der Waals surface area contributed by atoms with Crippen LogP contribution in [0.4, 0.5) is 13.2 Å². The quantitative estimate of drug-likeness (QED) is 0.464. The molecule has 9 heteroatoms. The SMILES string of the molecule is O=C1CCC(N2Cc3cc(CCC(=O)C(F)(F)c4ccc(-c5ccc(F)cc5)cc4)ccc3C2=O)C(=O)N1. The van der Waals surface area contributed by atoms with Gasteiger partial charge in [0.25, 0.3) is 5.91 Å². The van der Waals surface area contributed by atoms with Gasteiger partial charge in [0.15, 0.2) is 0 Å². The van der Waals surface area contributed by atoms with Crippen LogP contribution in [0.2, 0.25) is 0 Å². The Bertz CT molecular complexity index is 1440. The Morgan fingerprint density at radius 1 is 0.947 bits per heavy atom. The van der Waals surface area contributed by atoms with Crippen molar-refractivity contribution in [3.8, 4) is 11.1 Å². The second-order valence-electron chi connectivity index (χ2n) is 9.47. The molecule has 3 amide bonds. The Labute approximate surface area is 216 Å². The van der Waals surface area contributed by atoms with E-state index in [2.05, 4.69) is 5.32 Å². The van der Waals surface area contributed by atoms with Crippen molar-refractivity contribution in [1.82, 2.24) is 10.2 Å². The monoisotopic (exact) mass is 520 g/mol. The molecule has 0 spiro atoms. The lowest BCUT2D eigenvalue weighted by Gasteiger charge is -2.29. The first-order valence-corrected chi connectivity index (χ1v) is 12.2. The van der Waals surface area contributed by atoms with Gasteiger partial charge < -0.3 is 4.90 Å². The third-order valence-electron chi connectivity index (χ3n) is 7.00. The van der Waals surface area contributed by atoms with Gasteiger partial charge in [-0.3, -0.25) is 24.5 Å². The van der Waals surface area contributed by atoms with Crippen LogP contribution in [0.15, 0.2) is 66.7 Å². The molecule has 5 rings (SSSR count). The minimum atomic E-state index is -3.68. The van der Waals surface area contributed by atoms with Gasteiger partial charge in [-0.1, -0.05) is 48.5 Å². The lowest BCUT2D eigenvalue weighted by atomic mass is 9.96. The number of nitrogens with zero attached hydrogens (tertiary/aromatic N) is 1. The van der Waals surface area contributed by atoms with Gasteiger partial charge in [0.2, 0.25) is 17.6 Å². The average molecular weight is 521 g/mol. The van der Waals surface area contributed by atoms with Crippen LogP contribution in [0.1, 0.15) is 46.3 Å². The number of Topliss-reactive ketones (excluding diaryl/α,β-unsaturated/α-hetero) is 1. The van der Waals surface area contributed by atoms with Gasteiger partial charge in [-0.25, -0.2) is 4.39 Å². The Morgan fingerprint density at radius 3 is 2.26 bits per heavy atom. The van der Waals surface area contributed by atoms with Crippen LogP contribution in [0.5, 0.6) is 0 Å². The van der Waals surface area contributed by atoms with E-state index in [0.29, 0.717) is 27.8 Å². The predicted molar refractivity (Wildman–Crippen MR) is 132 cm³/mol. The molecule has 1 fully saturated rings. The number of rotatable bonds is 7. The van der Waals surface area contributed by atoms with E-state index >= 15 is 0 Å². The third kappa shape index (κ3) is 4.83. The summed E-state index contributed by atoms with van der Waals surface area (Å²) in [5.41, 5.74) is 2.55. The number of hydrogen-bond donors (Lipinski definition) is 1. The van der Waals surface area contributed by atoms with Crippen molar-refractivity contribution in [3.05, 3.63) is 94.8 Å². The molecule has 194 valence electrons. The number of ketones is 1. The highest BCUT2D eigenvalue weighted by atomic mass is 19.3. The summed E-state index contributed by atoms with van der Waals surface area (Å²) < 4.78 is 43.0. The van der Waals surface area contributed by atoms with E-state index in [-0.39, 0.29) is 37.6 Å². The summed E-state index contributed by atoms with van der Waals surface area (Å²) in [6.07, 6.45) is 0.0388. The van der Waals surface area contributed by atoms with Crippen molar-refractivity contribution >= 4 is 23.5 Å². The summed E-state index contributed by atoms with van der Waals surface area (Å²) >= 11 is 0. The standard InChI is InChI=1S/C29H23F3N2O4/c30-22-9-5-19(6-10-22)18-3-7-21(8-4-18)29(31,32)25(35)13-2-17-1-11-23-20(15-17)16-34(28(23)38)24-12-14-26(36)33-27(24)37/h1,3-11,15,24H,2,12-14,16H2,(H,33,36,37). The molecule has 1 N–H and O–H groups in total. The third-order valence-corrected chi connectivity index (χ3v) is 7.00. The van der Waals surface area contributed by atoms with E-state index in [1.165, 1.54) is 41.3 Å². The van der Waals surface area contributed by atoms with E-state index in [1.807, 2.05) is 0 Å². The Morgan fingerprint density at radius 2 is 1.61 bits per heavy atom. The molecule has 6 nitrogen and oxygen atoms in total. The number of benzene rings is 3. The minimum absolute atomic E-state index is 0.0575. The van der Waals surface area contributed by atoms with Crippen LogP contribution >= 0.6 is 0 Å². The summed E-state index contributed by atoms with van der Waals surface area (Å²) in [5, 5.41) is 2.24. The molecule has 0 radical (unpaired) electrons. The van der Waals surface area contributed by atoms with Crippen molar-refractivity contribution < 1.29 is 32.3 Å². The van der Waals surface area contributed by atoms with Gasteiger partial charge in [0.1, 0.15) is 11.9 Å². The van der Waals surface area contributed by atoms with Crippen LogP contribution in [0.3, 0.4) is 0 Å². The maximum Gasteiger partial charge on any atom is 0.330 e. The van der Waals surface area contributed by atoms with Gasteiger partial charge in [-0.15, -0.1) is 0 Å². The summed E-state index contributed by atoms with van der Waals surface area (Å²) in [6.45, 7) is 0.165. The normalized spacial score (nSPS) is 17.4. The Kier molecular flexibility index (Phi) is 6.60. The summed E-state index contributed by atoms with van der Waals surface area (Å²) in [5.74, 6) is -6.52. The molecule has 0 aliphatic carbocycles. The second kappa shape index (κ2) is 9.89. The van der Waals surface area contributed by atoms with Gasteiger partial charge in [0, 0.05) is 30.5 Å². The molecule has 38 heavy (non-hydrogen) atoms. The first-order chi connectivity index (χ1) is 18.1. The fourth-order valence-corrected chi connectivity index (χ4v) is 4.87. The van der Waals surface area contributed by atoms with E-state index in [9.17, 15) is 32.3 Å². The lowest BCUT2D eigenvalue weighted by Crippen LogP contribution is -2.52. The molecule has 1 unspecified atom stereocenters. The minimum Gasteiger partial charge on any atom is -0.322 e. The number of alkyl halides is 2. The summed E-state index contributed by atoms with van der Waals surface area (Å²) in [4.78, 5) is 50.4. The maximum absolute atomic E-state index is 14.9. The van der Waals surface area contributed by atoms with Gasteiger partial charge in [0.05, 0.1) is 0 Å². The number of fused-ring (bicyclic) bond motifs is 1. The predicted octanol–water partition coefficient (Wildman–Crippen LogP) is 4.55. The van der Waals surface area contributed by atoms with Crippen LogP contribution in [0, 0.1) is 5.82 Å². The van der Waals surface area contributed by atoms with Crippen molar-refractivity contribution in [2.45, 2.75) is 44.2 Å². The van der Waals surface area contributed by atoms with Crippen LogP contribution in [-0.2, 0) is 33.3 Å². The van der Waals surface area contributed by atoms with Crippen molar-refractivity contribution in [2.24, 2.45) is 0 Å². The molecule has 2 aliphatic heterocycles. The lowest BCUT2D eigenvalue weighted by molar-refractivity contribution is -0.144. The zero-order valence-corrected chi connectivity index (χ0v) is 20.2. The van der Waals surface area contributed by atoms with Crippen molar-refractivity contribution in [2.75, 3.05) is 0 Å². The van der Waals surface area contributed by atoms with Crippen LogP contribution < -0.4 is 5.32 Å². The largest absolute Gasteiger partial charge is 0.330 e. The molecular weight excluding hydrogens is 497 g/mol. The number of aryl methyl sites for hydroxylation is 1. The average Bonchev–Trinajstić information content (AvgIpc) is 3.23. The second-order valence-corrected chi connectivity index (χ2v) is 9.47. The summed E-state index contributed by atoms with van der Waals surface area (Å²) in [6, 6.07) is 15.1. The molecule has 0 saturated carbocycles. The Balaban J connectivity index is 1.23. The fraction of sp³-hybridized carbons (Fsp3) is 0.241. The highest BCUT2D eigenvalue weighted by Crippen LogP contribution is 2.33. The van der Waals surface area contributed by atoms with E-state index < -0.39 is 41.5 Å². The van der Waals surface area contributed by atoms with Crippen LogP contribution in [0.25, 0.3) is 11.1 Å². The zero-order chi connectivity index (χ0) is 27.0. The van der Waals surface area contributed by atoms with Gasteiger partial charge in [-0.2, -0.15) is 8.78 Å². The highest BCUT2D eigenvalue weighted by molar-refractivity contribution is 6.05. The Hall–Kier alpha value is -4.27.